The molecule has 1 heterocycles. The summed E-state index contributed by atoms with van der Waals surface area (Å²) in [6.45, 7) is 4.78. The Hall–Kier alpha value is -1.06. The highest BCUT2D eigenvalue weighted by atomic mass is 16.5. The van der Waals surface area contributed by atoms with Crippen molar-refractivity contribution in [2.24, 2.45) is 0 Å². The number of phenols is 1. The minimum absolute atomic E-state index is 0.356. The van der Waals surface area contributed by atoms with Gasteiger partial charge in [-0.2, -0.15) is 0 Å². The van der Waals surface area contributed by atoms with Crippen LogP contribution in [0.2, 0.25) is 0 Å². The standard InChI is InChI=1S/C12H17NO2/c1-9(8-15-2)13-6-10-3-4-12(14)5-11(10)7-13/h3-5,9,14H,6-8H2,1-2H3/t9-/m0/s1. The maximum atomic E-state index is 9.38. The summed E-state index contributed by atoms with van der Waals surface area (Å²) in [7, 11) is 1.73. The molecule has 0 bridgehead atoms. The summed E-state index contributed by atoms with van der Waals surface area (Å²) in [4.78, 5) is 2.35. The molecule has 1 aromatic carbocycles. The number of benzene rings is 1. The van der Waals surface area contributed by atoms with Crippen LogP contribution in [-0.2, 0) is 17.8 Å². The summed E-state index contributed by atoms with van der Waals surface area (Å²) in [5.41, 5.74) is 2.55. The van der Waals surface area contributed by atoms with Crippen LogP contribution >= 0.6 is 0 Å². The Morgan fingerprint density at radius 3 is 2.87 bits per heavy atom. The highest BCUT2D eigenvalue weighted by molar-refractivity contribution is 5.37. The van der Waals surface area contributed by atoms with Crippen molar-refractivity contribution in [2.45, 2.75) is 26.1 Å². The molecular weight excluding hydrogens is 190 g/mol. The number of fused-ring (bicyclic) bond motifs is 1. The monoisotopic (exact) mass is 207 g/mol. The molecule has 0 saturated carbocycles. The molecule has 15 heavy (non-hydrogen) atoms. The van der Waals surface area contributed by atoms with Crippen molar-refractivity contribution in [1.29, 1.82) is 0 Å². The highest BCUT2D eigenvalue weighted by Gasteiger charge is 2.23. The van der Waals surface area contributed by atoms with Crippen LogP contribution in [0.3, 0.4) is 0 Å². The summed E-state index contributed by atoms with van der Waals surface area (Å²) >= 11 is 0. The highest BCUT2D eigenvalue weighted by Crippen LogP contribution is 2.27. The largest absolute Gasteiger partial charge is 0.508 e. The van der Waals surface area contributed by atoms with Gasteiger partial charge in [-0.1, -0.05) is 6.07 Å². The van der Waals surface area contributed by atoms with Gasteiger partial charge in [-0.05, 0) is 30.2 Å². The molecule has 0 aliphatic carbocycles. The SMILES string of the molecule is COC[C@H](C)N1Cc2ccc(O)cc2C1. The predicted molar refractivity (Wildman–Crippen MR) is 58.7 cm³/mol. The molecule has 2 rings (SSSR count). The second-order valence-electron chi connectivity index (χ2n) is 4.16. The van der Waals surface area contributed by atoms with E-state index in [2.05, 4.69) is 11.8 Å². The van der Waals surface area contributed by atoms with Gasteiger partial charge >= 0.3 is 0 Å². The quantitative estimate of drug-likeness (QED) is 0.819. The first-order valence-electron chi connectivity index (χ1n) is 5.24. The molecule has 0 amide bonds. The Morgan fingerprint density at radius 2 is 2.13 bits per heavy atom. The summed E-state index contributed by atoms with van der Waals surface area (Å²) in [6, 6.07) is 6.03. The minimum atomic E-state index is 0.356. The third kappa shape index (κ3) is 2.13. The van der Waals surface area contributed by atoms with E-state index in [1.165, 1.54) is 11.1 Å². The predicted octanol–water partition coefficient (Wildman–Crippen LogP) is 1.74. The van der Waals surface area contributed by atoms with E-state index in [0.717, 1.165) is 19.7 Å². The smallest absolute Gasteiger partial charge is 0.115 e. The van der Waals surface area contributed by atoms with Crippen molar-refractivity contribution in [2.75, 3.05) is 13.7 Å². The Bertz CT molecular complexity index is 351. The first-order valence-corrected chi connectivity index (χ1v) is 5.24. The van der Waals surface area contributed by atoms with E-state index < -0.39 is 0 Å². The lowest BCUT2D eigenvalue weighted by Gasteiger charge is -2.22. The van der Waals surface area contributed by atoms with Crippen LogP contribution in [0.15, 0.2) is 18.2 Å². The summed E-state index contributed by atoms with van der Waals surface area (Å²) < 4.78 is 5.15. The fourth-order valence-electron chi connectivity index (χ4n) is 2.07. The maximum absolute atomic E-state index is 9.38. The van der Waals surface area contributed by atoms with Crippen LogP contribution < -0.4 is 0 Å². The summed E-state index contributed by atoms with van der Waals surface area (Å²) in [5.74, 6) is 0.356. The van der Waals surface area contributed by atoms with Crippen molar-refractivity contribution in [3.05, 3.63) is 29.3 Å². The van der Waals surface area contributed by atoms with Gasteiger partial charge in [0.05, 0.1) is 6.61 Å². The molecule has 0 fully saturated rings. The summed E-state index contributed by atoms with van der Waals surface area (Å²) in [6.07, 6.45) is 0. The van der Waals surface area contributed by atoms with Crippen LogP contribution in [-0.4, -0.2) is 29.8 Å². The van der Waals surface area contributed by atoms with Crippen molar-refractivity contribution in [1.82, 2.24) is 4.90 Å². The van der Waals surface area contributed by atoms with Crippen LogP contribution in [0.25, 0.3) is 0 Å². The van der Waals surface area contributed by atoms with Crippen LogP contribution in [0.4, 0.5) is 0 Å². The topological polar surface area (TPSA) is 32.7 Å². The lowest BCUT2D eigenvalue weighted by Crippen LogP contribution is -2.31. The van der Waals surface area contributed by atoms with Gasteiger partial charge in [0.25, 0.3) is 0 Å². The van der Waals surface area contributed by atoms with E-state index in [-0.39, 0.29) is 0 Å². The number of rotatable bonds is 3. The first kappa shape index (κ1) is 10.5. The van der Waals surface area contributed by atoms with Crippen molar-refractivity contribution in [3.63, 3.8) is 0 Å². The Morgan fingerprint density at radius 1 is 1.40 bits per heavy atom. The van der Waals surface area contributed by atoms with E-state index in [4.69, 9.17) is 4.74 Å². The molecule has 1 aromatic rings. The van der Waals surface area contributed by atoms with Crippen LogP contribution in [0.5, 0.6) is 5.75 Å². The molecule has 0 unspecified atom stereocenters. The average Bonchev–Trinajstić information content (AvgIpc) is 2.60. The van der Waals surface area contributed by atoms with Gasteiger partial charge < -0.3 is 9.84 Å². The third-order valence-electron chi connectivity index (χ3n) is 2.97. The minimum Gasteiger partial charge on any atom is -0.508 e. The third-order valence-corrected chi connectivity index (χ3v) is 2.97. The number of phenolic OH excluding ortho intramolecular Hbond substituents is 1. The lowest BCUT2D eigenvalue weighted by atomic mass is 10.1. The Kier molecular flexibility index (Phi) is 2.93. The number of ether oxygens (including phenoxy) is 1. The molecule has 0 saturated heterocycles. The van der Waals surface area contributed by atoms with Crippen LogP contribution in [0.1, 0.15) is 18.1 Å². The normalized spacial score (nSPS) is 17.7. The molecule has 1 aliphatic heterocycles. The number of methoxy groups -OCH3 is 1. The lowest BCUT2D eigenvalue weighted by molar-refractivity contribution is 0.0980. The van der Waals surface area contributed by atoms with Gasteiger partial charge in [-0.25, -0.2) is 0 Å². The zero-order chi connectivity index (χ0) is 10.8. The fourth-order valence-corrected chi connectivity index (χ4v) is 2.07. The second-order valence-corrected chi connectivity index (χ2v) is 4.16. The average molecular weight is 207 g/mol. The summed E-state index contributed by atoms with van der Waals surface area (Å²) in [5, 5.41) is 9.38. The molecule has 1 atom stereocenters. The van der Waals surface area contributed by atoms with Gasteiger partial charge in [0.1, 0.15) is 5.75 Å². The molecule has 3 nitrogen and oxygen atoms in total. The van der Waals surface area contributed by atoms with Crippen molar-refractivity contribution < 1.29 is 9.84 Å². The van der Waals surface area contributed by atoms with E-state index in [0.29, 0.717) is 11.8 Å². The van der Waals surface area contributed by atoms with Gasteiger partial charge in [-0.3, -0.25) is 4.90 Å². The number of hydrogen-bond donors (Lipinski definition) is 1. The van der Waals surface area contributed by atoms with Gasteiger partial charge in [0.2, 0.25) is 0 Å². The van der Waals surface area contributed by atoms with E-state index in [1.807, 2.05) is 12.1 Å². The van der Waals surface area contributed by atoms with Crippen molar-refractivity contribution >= 4 is 0 Å². The van der Waals surface area contributed by atoms with Crippen molar-refractivity contribution in [3.8, 4) is 5.75 Å². The zero-order valence-electron chi connectivity index (χ0n) is 9.23. The molecule has 1 N–H and O–H groups in total. The van der Waals surface area contributed by atoms with Crippen LogP contribution in [0, 0.1) is 0 Å². The zero-order valence-corrected chi connectivity index (χ0v) is 9.23. The molecule has 3 heteroatoms. The van der Waals surface area contributed by atoms with Gasteiger partial charge in [-0.15, -0.1) is 0 Å². The molecule has 82 valence electrons. The molecule has 1 aliphatic rings. The van der Waals surface area contributed by atoms with Gasteiger partial charge in [0.15, 0.2) is 0 Å². The van der Waals surface area contributed by atoms with E-state index in [1.54, 1.807) is 13.2 Å². The first-order chi connectivity index (χ1) is 7.20. The molecule has 0 spiro atoms. The van der Waals surface area contributed by atoms with E-state index in [9.17, 15) is 5.11 Å². The van der Waals surface area contributed by atoms with E-state index >= 15 is 0 Å². The number of nitrogens with zero attached hydrogens (tertiary/aromatic N) is 1. The number of aromatic hydroxyl groups is 1. The fraction of sp³-hybridized carbons (Fsp3) is 0.500. The Labute approximate surface area is 90.3 Å². The number of hydrogen-bond acceptors (Lipinski definition) is 3. The molecular formula is C12H17NO2. The maximum Gasteiger partial charge on any atom is 0.115 e. The molecule has 0 aromatic heterocycles. The van der Waals surface area contributed by atoms with Gasteiger partial charge in [0, 0.05) is 26.2 Å². The Balaban J connectivity index is 2.08. The molecule has 0 radical (unpaired) electrons. The second kappa shape index (κ2) is 4.21.